The molecule has 4 nitrogen and oxygen atoms in total. The third-order valence-corrected chi connectivity index (χ3v) is 1.78. The minimum Gasteiger partial charge on any atom is -0.481 e. The van der Waals surface area contributed by atoms with Crippen molar-refractivity contribution in [2.24, 2.45) is 0 Å². The van der Waals surface area contributed by atoms with Gasteiger partial charge in [-0.2, -0.15) is 0 Å². The maximum atomic E-state index is 10.3. The molecule has 1 aromatic rings. The molecular weight excluding hydrogens is 168 g/mol. The van der Waals surface area contributed by atoms with Crippen LogP contribution in [0.1, 0.15) is 12.0 Å². The molecule has 0 unspecified atom stereocenters. The van der Waals surface area contributed by atoms with Gasteiger partial charge in [0.25, 0.3) is 0 Å². The monoisotopic (exact) mass is 180 g/mol. The zero-order valence-electron chi connectivity index (χ0n) is 7.16. The minimum absolute atomic E-state index is 0.0770. The molecular formula is C9H12N2O2. The van der Waals surface area contributed by atoms with E-state index >= 15 is 0 Å². The highest BCUT2D eigenvalue weighted by Gasteiger charge is 2.02. The van der Waals surface area contributed by atoms with Crippen molar-refractivity contribution in [3.63, 3.8) is 0 Å². The number of carboxylic acids is 1. The van der Waals surface area contributed by atoms with Crippen molar-refractivity contribution in [3.05, 3.63) is 23.8 Å². The lowest BCUT2D eigenvalue weighted by atomic mass is 10.1. The maximum Gasteiger partial charge on any atom is 0.303 e. The number of nitrogen functional groups attached to an aromatic ring is 2. The van der Waals surface area contributed by atoms with Crippen molar-refractivity contribution in [2.75, 3.05) is 11.5 Å². The number of hydrogen-bond acceptors (Lipinski definition) is 3. The summed E-state index contributed by atoms with van der Waals surface area (Å²) in [6.07, 6.45) is 0.500. The molecule has 4 heteroatoms. The number of benzene rings is 1. The molecule has 13 heavy (non-hydrogen) atoms. The lowest BCUT2D eigenvalue weighted by Crippen LogP contribution is -2.01. The number of anilines is 2. The van der Waals surface area contributed by atoms with Gasteiger partial charge in [-0.15, -0.1) is 0 Å². The molecule has 0 fully saturated rings. The van der Waals surface area contributed by atoms with E-state index < -0.39 is 5.97 Å². The first-order valence-electron chi connectivity index (χ1n) is 3.95. The van der Waals surface area contributed by atoms with Crippen LogP contribution in [0.3, 0.4) is 0 Å². The molecule has 0 aliphatic heterocycles. The van der Waals surface area contributed by atoms with E-state index in [1.165, 1.54) is 0 Å². The molecule has 0 aliphatic carbocycles. The number of carboxylic acid groups (broad SMARTS) is 1. The average molecular weight is 180 g/mol. The van der Waals surface area contributed by atoms with Gasteiger partial charge < -0.3 is 16.6 Å². The van der Waals surface area contributed by atoms with Crippen molar-refractivity contribution in [3.8, 4) is 0 Å². The molecule has 0 heterocycles. The summed E-state index contributed by atoms with van der Waals surface area (Å²) >= 11 is 0. The summed E-state index contributed by atoms with van der Waals surface area (Å²) < 4.78 is 0. The normalized spacial score (nSPS) is 9.85. The number of rotatable bonds is 3. The Morgan fingerprint density at radius 3 is 2.69 bits per heavy atom. The second-order valence-electron chi connectivity index (χ2n) is 2.85. The molecule has 70 valence electrons. The molecule has 0 aromatic heterocycles. The van der Waals surface area contributed by atoms with E-state index in [0.717, 1.165) is 5.56 Å². The summed E-state index contributed by atoms with van der Waals surface area (Å²) in [6, 6.07) is 5.09. The van der Waals surface area contributed by atoms with E-state index in [9.17, 15) is 4.79 Å². The maximum absolute atomic E-state index is 10.3. The van der Waals surface area contributed by atoms with Gasteiger partial charge in [-0.25, -0.2) is 0 Å². The predicted molar refractivity (Wildman–Crippen MR) is 51.2 cm³/mol. The number of aliphatic carboxylic acids is 1. The van der Waals surface area contributed by atoms with Crippen LogP contribution in [0.2, 0.25) is 0 Å². The second-order valence-corrected chi connectivity index (χ2v) is 2.85. The van der Waals surface area contributed by atoms with Gasteiger partial charge in [-0.1, -0.05) is 0 Å². The SMILES string of the molecule is Nc1ccc(N)c(CCC(=O)O)c1. The molecule has 0 bridgehead atoms. The van der Waals surface area contributed by atoms with E-state index in [1.807, 2.05) is 0 Å². The Hall–Kier alpha value is -1.71. The summed E-state index contributed by atoms with van der Waals surface area (Å²) in [5.41, 5.74) is 13.2. The van der Waals surface area contributed by atoms with Crippen LogP contribution >= 0.6 is 0 Å². The Bertz CT molecular complexity index is 323. The third kappa shape index (κ3) is 2.66. The molecule has 0 atom stereocenters. The quantitative estimate of drug-likeness (QED) is 0.602. The molecule has 0 radical (unpaired) electrons. The molecule has 0 spiro atoms. The number of carbonyl (C=O) groups is 1. The zero-order chi connectivity index (χ0) is 9.84. The second kappa shape index (κ2) is 3.80. The summed E-state index contributed by atoms with van der Waals surface area (Å²) in [5.74, 6) is -0.832. The molecule has 1 aromatic carbocycles. The molecule has 0 aliphatic rings. The van der Waals surface area contributed by atoms with E-state index in [-0.39, 0.29) is 6.42 Å². The smallest absolute Gasteiger partial charge is 0.303 e. The first kappa shape index (κ1) is 9.38. The van der Waals surface area contributed by atoms with Gasteiger partial charge in [-0.3, -0.25) is 4.79 Å². The van der Waals surface area contributed by atoms with E-state index in [0.29, 0.717) is 17.8 Å². The van der Waals surface area contributed by atoms with Crippen molar-refractivity contribution >= 4 is 17.3 Å². The van der Waals surface area contributed by atoms with Crippen LogP contribution in [-0.4, -0.2) is 11.1 Å². The minimum atomic E-state index is -0.832. The number of aryl methyl sites for hydroxylation is 1. The molecule has 5 N–H and O–H groups in total. The lowest BCUT2D eigenvalue weighted by Gasteiger charge is -2.04. The topological polar surface area (TPSA) is 89.3 Å². The molecule has 0 amide bonds. The molecule has 0 saturated heterocycles. The first-order chi connectivity index (χ1) is 6.09. The zero-order valence-corrected chi connectivity index (χ0v) is 7.16. The fourth-order valence-electron chi connectivity index (χ4n) is 1.08. The summed E-state index contributed by atoms with van der Waals surface area (Å²) in [5, 5.41) is 8.46. The largest absolute Gasteiger partial charge is 0.481 e. The van der Waals surface area contributed by atoms with Crippen LogP contribution in [-0.2, 0) is 11.2 Å². The van der Waals surface area contributed by atoms with Gasteiger partial charge in [0.2, 0.25) is 0 Å². The van der Waals surface area contributed by atoms with Crippen LogP contribution in [0.25, 0.3) is 0 Å². The van der Waals surface area contributed by atoms with Gasteiger partial charge >= 0.3 is 5.97 Å². The lowest BCUT2D eigenvalue weighted by molar-refractivity contribution is -0.136. The van der Waals surface area contributed by atoms with Crippen LogP contribution in [0.15, 0.2) is 18.2 Å². The fourth-order valence-corrected chi connectivity index (χ4v) is 1.08. The summed E-state index contributed by atoms with van der Waals surface area (Å²) in [4.78, 5) is 10.3. The Morgan fingerprint density at radius 1 is 1.38 bits per heavy atom. The van der Waals surface area contributed by atoms with Gasteiger partial charge in [-0.05, 0) is 30.2 Å². The van der Waals surface area contributed by atoms with Crippen molar-refractivity contribution in [1.29, 1.82) is 0 Å². The Labute approximate surface area is 76.2 Å². The van der Waals surface area contributed by atoms with Crippen LogP contribution < -0.4 is 11.5 Å². The average Bonchev–Trinajstić information content (AvgIpc) is 2.06. The van der Waals surface area contributed by atoms with Gasteiger partial charge in [0.15, 0.2) is 0 Å². The Morgan fingerprint density at radius 2 is 2.08 bits per heavy atom. The highest BCUT2D eigenvalue weighted by atomic mass is 16.4. The third-order valence-electron chi connectivity index (χ3n) is 1.78. The van der Waals surface area contributed by atoms with Gasteiger partial charge in [0, 0.05) is 17.8 Å². The summed E-state index contributed by atoms with van der Waals surface area (Å²) in [6.45, 7) is 0. The van der Waals surface area contributed by atoms with E-state index in [2.05, 4.69) is 0 Å². The van der Waals surface area contributed by atoms with Crippen LogP contribution in [0.4, 0.5) is 11.4 Å². The van der Waals surface area contributed by atoms with Crippen LogP contribution in [0, 0.1) is 0 Å². The van der Waals surface area contributed by atoms with Crippen molar-refractivity contribution in [1.82, 2.24) is 0 Å². The van der Waals surface area contributed by atoms with E-state index in [1.54, 1.807) is 18.2 Å². The van der Waals surface area contributed by atoms with Gasteiger partial charge in [0.1, 0.15) is 0 Å². The highest BCUT2D eigenvalue weighted by Crippen LogP contribution is 2.16. The molecule has 0 saturated carbocycles. The van der Waals surface area contributed by atoms with Gasteiger partial charge in [0.05, 0.1) is 0 Å². The van der Waals surface area contributed by atoms with Crippen molar-refractivity contribution in [2.45, 2.75) is 12.8 Å². The first-order valence-corrected chi connectivity index (χ1v) is 3.95. The molecule has 1 rings (SSSR count). The number of nitrogens with two attached hydrogens (primary N) is 2. The predicted octanol–water partition coefficient (Wildman–Crippen LogP) is 0.868. The van der Waals surface area contributed by atoms with Crippen molar-refractivity contribution < 1.29 is 9.90 Å². The highest BCUT2D eigenvalue weighted by molar-refractivity contribution is 5.68. The standard InChI is InChI=1S/C9H12N2O2/c10-7-2-3-8(11)6(5-7)1-4-9(12)13/h2-3,5H,1,4,10-11H2,(H,12,13). The van der Waals surface area contributed by atoms with E-state index in [4.69, 9.17) is 16.6 Å². The fraction of sp³-hybridized carbons (Fsp3) is 0.222. The summed E-state index contributed by atoms with van der Waals surface area (Å²) in [7, 11) is 0. The number of hydrogen-bond donors (Lipinski definition) is 3. The Balaban J connectivity index is 2.75. The van der Waals surface area contributed by atoms with Crippen LogP contribution in [0.5, 0.6) is 0 Å². The Kier molecular flexibility index (Phi) is 2.74.